The van der Waals surface area contributed by atoms with E-state index in [4.69, 9.17) is 4.55 Å². The monoisotopic (exact) mass is 252 g/mol. The Bertz CT molecular complexity index is 263. The maximum Gasteiger partial charge on any atom is 0.264 e. The fourth-order valence-electron chi connectivity index (χ4n) is 0.820. The van der Waals surface area contributed by atoms with Crippen molar-refractivity contribution in [1.29, 1.82) is 0 Å². The van der Waals surface area contributed by atoms with E-state index in [1.807, 2.05) is 0 Å². The molecule has 0 heterocycles. The second kappa shape index (κ2) is 9.62. The Hall–Kier alpha value is -0.590. The molecule has 0 bridgehead atoms. The van der Waals surface area contributed by atoms with Gasteiger partial charge in [-0.2, -0.15) is 8.42 Å². The Morgan fingerprint density at radius 1 is 1.44 bits per heavy atom. The lowest BCUT2D eigenvalue weighted by Crippen LogP contribution is -2.32. The van der Waals surface area contributed by atoms with Crippen LogP contribution < -0.4 is 11.1 Å². The van der Waals surface area contributed by atoms with Gasteiger partial charge < -0.3 is 11.1 Å². The zero-order chi connectivity index (χ0) is 13.2. The second-order valence-electron chi connectivity index (χ2n) is 3.86. The molecule has 0 aromatic heterocycles. The number of nitrogens with two attached hydrogens (primary N) is 1. The topological polar surface area (TPSA) is 92.4 Å². The highest BCUT2D eigenvalue weighted by Gasteiger charge is 2.07. The highest BCUT2D eigenvalue weighted by Crippen LogP contribution is 1.99. The second-order valence-corrected chi connectivity index (χ2v) is 5.43. The lowest BCUT2D eigenvalue weighted by molar-refractivity contribution is 0.425. The predicted octanol–water partition coefficient (Wildman–Crippen LogP) is 0.987. The summed E-state index contributed by atoms with van der Waals surface area (Å²) in [5.74, 6) is 0.371. The zero-order valence-electron chi connectivity index (χ0n) is 10.3. The first-order chi connectivity index (χ1) is 7.24. The average Bonchev–Trinajstić information content (AvgIpc) is 2.11. The van der Waals surface area contributed by atoms with Gasteiger partial charge in [-0.25, -0.2) is 0 Å². The predicted molar refractivity (Wildman–Crippen MR) is 67.7 cm³/mol. The van der Waals surface area contributed by atoms with Crippen LogP contribution in [0.25, 0.3) is 0 Å². The van der Waals surface area contributed by atoms with E-state index in [2.05, 4.69) is 38.4 Å². The summed E-state index contributed by atoms with van der Waals surface area (Å²) >= 11 is 0. The maximum atomic E-state index is 10.3. The summed E-state index contributed by atoms with van der Waals surface area (Å²) in [6.45, 7) is 10.0. The third-order valence-electron chi connectivity index (χ3n) is 2.05. The molecule has 16 heavy (non-hydrogen) atoms. The van der Waals surface area contributed by atoms with E-state index in [1.165, 1.54) is 6.20 Å². The van der Waals surface area contributed by atoms with Gasteiger partial charge in [0.2, 0.25) is 0 Å². The molecule has 0 saturated heterocycles. The molecule has 0 radical (unpaired) electrons. The van der Waals surface area contributed by atoms with E-state index in [-0.39, 0.29) is 5.75 Å². The van der Waals surface area contributed by atoms with E-state index in [0.29, 0.717) is 24.9 Å². The molecule has 1 unspecified atom stereocenters. The first kappa shape index (κ1) is 17.8. The van der Waals surface area contributed by atoms with Gasteiger partial charge in [-0.15, -0.1) is 0 Å². The van der Waals surface area contributed by atoms with E-state index >= 15 is 0 Å². The number of hydrogen-bond donors (Lipinski definition) is 3. The van der Waals surface area contributed by atoms with Gasteiger partial charge in [0.15, 0.2) is 0 Å². The number of nitrogens with one attached hydrogen (secondary N) is 1. The lowest BCUT2D eigenvalue weighted by Gasteiger charge is -2.16. The van der Waals surface area contributed by atoms with Crippen LogP contribution in [-0.2, 0) is 10.1 Å². The Morgan fingerprint density at radius 3 is 2.19 bits per heavy atom. The summed E-state index contributed by atoms with van der Waals surface area (Å²) in [6.07, 6.45) is 1.70. The van der Waals surface area contributed by atoms with Crippen LogP contribution in [-0.4, -0.2) is 31.3 Å². The number of rotatable bonds is 6. The molecule has 0 spiro atoms. The van der Waals surface area contributed by atoms with Gasteiger partial charge in [-0.1, -0.05) is 20.4 Å². The highest BCUT2D eigenvalue weighted by molar-refractivity contribution is 7.85. The highest BCUT2D eigenvalue weighted by atomic mass is 32.2. The maximum absolute atomic E-state index is 10.3. The first-order valence-corrected chi connectivity index (χ1v) is 6.86. The van der Waals surface area contributed by atoms with Crippen molar-refractivity contribution in [3.8, 4) is 0 Å². The molecular weight excluding hydrogens is 228 g/mol. The molecule has 0 rings (SSSR count). The smallest absolute Gasteiger partial charge is 0.264 e. The Labute approximate surface area is 98.9 Å². The summed E-state index contributed by atoms with van der Waals surface area (Å²) in [6, 6.07) is 0.376. The minimum Gasteiger partial charge on any atom is -0.405 e. The molecule has 0 aliphatic carbocycles. The van der Waals surface area contributed by atoms with Gasteiger partial charge in [0.25, 0.3) is 10.1 Å². The fourth-order valence-corrected chi connectivity index (χ4v) is 1.33. The van der Waals surface area contributed by atoms with Crippen molar-refractivity contribution in [1.82, 2.24) is 5.32 Å². The SMILES string of the molecule is C=CN.CC(C)C(C)NCCCS(=O)(=O)O. The largest absolute Gasteiger partial charge is 0.405 e. The van der Waals surface area contributed by atoms with Gasteiger partial charge in [0.05, 0.1) is 5.75 Å². The molecule has 0 aliphatic rings. The summed E-state index contributed by atoms with van der Waals surface area (Å²) in [4.78, 5) is 0. The third kappa shape index (κ3) is 15.9. The third-order valence-corrected chi connectivity index (χ3v) is 2.85. The van der Waals surface area contributed by atoms with Crippen LogP contribution in [0.1, 0.15) is 27.2 Å². The molecule has 0 aromatic carbocycles. The van der Waals surface area contributed by atoms with Crippen LogP contribution in [0.15, 0.2) is 12.8 Å². The summed E-state index contributed by atoms with van der Waals surface area (Å²) < 4.78 is 29.1. The first-order valence-electron chi connectivity index (χ1n) is 5.25. The summed E-state index contributed by atoms with van der Waals surface area (Å²) in [5, 5.41) is 3.18. The molecule has 6 heteroatoms. The van der Waals surface area contributed by atoms with Crippen molar-refractivity contribution in [2.24, 2.45) is 11.7 Å². The van der Waals surface area contributed by atoms with Gasteiger partial charge >= 0.3 is 0 Å². The lowest BCUT2D eigenvalue weighted by atomic mass is 10.1. The van der Waals surface area contributed by atoms with Crippen molar-refractivity contribution >= 4 is 10.1 Å². The van der Waals surface area contributed by atoms with Crippen LogP contribution in [0.3, 0.4) is 0 Å². The van der Waals surface area contributed by atoms with Crippen molar-refractivity contribution in [3.63, 3.8) is 0 Å². The normalized spacial score (nSPS) is 12.8. The molecule has 5 nitrogen and oxygen atoms in total. The van der Waals surface area contributed by atoms with Crippen LogP contribution >= 0.6 is 0 Å². The molecular formula is C10H24N2O3S. The molecule has 0 aromatic rings. The Kier molecular flexibility index (Phi) is 10.7. The Balaban J connectivity index is 0. The fraction of sp³-hybridized carbons (Fsp3) is 0.800. The molecule has 1 atom stereocenters. The quantitative estimate of drug-likeness (QED) is 0.484. The molecule has 4 N–H and O–H groups in total. The van der Waals surface area contributed by atoms with Gasteiger partial charge in [-0.05, 0) is 32.0 Å². The van der Waals surface area contributed by atoms with Crippen molar-refractivity contribution in [2.75, 3.05) is 12.3 Å². The van der Waals surface area contributed by atoms with Crippen molar-refractivity contribution in [2.45, 2.75) is 33.2 Å². The van der Waals surface area contributed by atoms with Crippen LogP contribution in [0.4, 0.5) is 0 Å². The van der Waals surface area contributed by atoms with E-state index < -0.39 is 10.1 Å². The van der Waals surface area contributed by atoms with Gasteiger partial charge in [-0.3, -0.25) is 4.55 Å². The summed E-state index contributed by atoms with van der Waals surface area (Å²) in [7, 11) is -3.78. The molecule has 0 amide bonds. The summed E-state index contributed by atoms with van der Waals surface area (Å²) in [5.41, 5.74) is 4.61. The van der Waals surface area contributed by atoms with E-state index in [0.717, 1.165) is 0 Å². The van der Waals surface area contributed by atoms with Gasteiger partial charge in [0, 0.05) is 6.04 Å². The van der Waals surface area contributed by atoms with E-state index in [1.54, 1.807) is 0 Å². The minimum atomic E-state index is -3.78. The molecule has 98 valence electrons. The van der Waals surface area contributed by atoms with Crippen LogP contribution in [0, 0.1) is 5.92 Å². The Morgan fingerprint density at radius 2 is 1.88 bits per heavy atom. The molecule has 0 saturated carbocycles. The molecule has 0 fully saturated rings. The standard InChI is InChI=1S/C8H19NO3S.C2H5N/c1-7(2)8(3)9-5-4-6-13(10,11)12;1-2-3/h7-9H,4-6H2,1-3H3,(H,10,11,12);2H,1,3H2. The number of hydrogen-bond acceptors (Lipinski definition) is 4. The van der Waals surface area contributed by atoms with Crippen molar-refractivity contribution < 1.29 is 13.0 Å². The van der Waals surface area contributed by atoms with Gasteiger partial charge in [0.1, 0.15) is 0 Å². The minimum absolute atomic E-state index is 0.162. The average molecular weight is 252 g/mol. The van der Waals surface area contributed by atoms with Crippen LogP contribution in [0.5, 0.6) is 0 Å². The molecule has 0 aliphatic heterocycles. The zero-order valence-corrected chi connectivity index (χ0v) is 11.1. The van der Waals surface area contributed by atoms with Crippen LogP contribution in [0.2, 0.25) is 0 Å². The van der Waals surface area contributed by atoms with Crippen molar-refractivity contribution in [3.05, 3.63) is 12.8 Å². The van der Waals surface area contributed by atoms with E-state index in [9.17, 15) is 8.42 Å².